The van der Waals surface area contributed by atoms with Gasteiger partial charge in [0.2, 0.25) is 11.8 Å². The van der Waals surface area contributed by atoms with E-state index in [-0.39, 0.29) is 36.1 Å². The van der Waals surface area contributed by atoms with Gasteiger partial charge in [0.05, 0.1) is 13.2 Å². The molecule has 2 fully saturated rings. The van der Waals surface area contributed by atoms with E-state index >= 15 is 0 Å². The molecule has 5 atom stereocenters. The van der Waals surface area contributed by atoms with E-state index in [9.17, 15) is 22.8 Å². The highest BCUT2D eigenvalue weighted by Gasteiger charge is 2.59. The molecule has 170 valence electrons. The van der Waals surface area contributed by atoms with Crippen molar-refractivity contribution in [2.45, 2.75) is 64.6 Å². The summed E-state index contributed by atoms with van der Waals surface area (Å²) in [7, 11) is -3.21. The third-order valence-corrected chi connectivity index (χ3v) is 6.67. The smallest absolute Gasteiger partial charge is 0.361 e. The summed E-state index contributed by atoms with van der Waals surface area (Å²) in [5, 5.41) is 5.77. The minimum absolute atomic E-state index is 0.118. The lowest BCUT2D eigenvalue weighted by Gasteiger charge is -2.31. The predicted octanol–water partition coefficient (Wildman–Crippen LogP) is 0.0274. The van der Waals surface area contributed by atoms with E-state index in [0.29, 0.717) is 25.1 Å². The Bertz CT molecular complexity index is 829. The van der Waals surface area contributed by atoms with Crippen molar-refractivity contribution in [3.8, 4) is 0 Å². The van der Waals surface area contributed by atoms with E-state index in [1.807, 2.05) is 18.6 Å². The number of nitrogens with one attached hydrogen (secondary N) is 3. The summed E-state index contributed by atoms with van der Waals surface area (Å²) >= 11 is 0. The van der Waals surface area contributed by atoms with E-state index in [1.165, 1.54) is 0 Å². The number of carbonyl (C=O) groups is 3. The fourth-order valence-corrected chi connectivity index (χ4v) is 4.35. The van der Waals surface area contributed by atoms with Crippen LogP contribution in [0.4, 0.5) is 0 Å². The van der Waals surface area contributed by atoms with Gasteiger partial charge in [-0.3, -0.25) is 18.6 Å². The zero-order valence-corrected chi connectivity index (χ0v) is 19.0. The second-order valence-electron chi connectivity index (χ2n) is 8.27. The summed E-state index contributed by atoms with van der Waals surface area (Å²) in [5.74, 6) is -1.06. The van der Waals surface area contributed by atoms with Crippen molar-refractivity contribution in [2.75, 3.05) is 13.7 Å². The van der Waals surface area contributed by atoms with Crippen LogP contribution in [-0.4, -0.2) is 62.3 Å². The summed E-state index contributed by atoms with van der Waals surface area (Å²) in [4.78, 5) is 38.8. The SMILES string of the molecule is C=C(NC1(C(=O)NS(=O)(=O)OC)CC1C)C1CC(C)CN1C(=O)C(C)NC(=O)CC. The van der Waals surface area contributed by atoms with E-state index in [4.69, 9.17) is 0 Å². The van der Waals surface area contributed by atoms with Crippen molar-refractivity contribution in [3.05, 3.63) is 12.3 Å². The Balaban J connectivity index is 2.13. The van der Waals surface area contributed by atoms with E-state index in [0.717, 1.165) is 7.11 Å². The topological polar surface area (TPSA) is 134 Å². The minimum atomic E-state index is -4.17. The Labute approximate surface area is 178 Å². The van der Waals surface area contributed by atoms with Gasteiger partial charge in [-0.15, -0.1) is 0 Å². The highest BCUT2D eigenvalue weighted by atomic mass is 32.2. The number of hydrogen-bond donors (Lipinski definition) is 3. The average Bonchev–Trinajstić information content (AvgIpc) is 3.15. The Morgan fingerprint density at radius 1 is 1.30 bits per heavy atom. The molecule has 1 aliphatic carbocycles. The Morgan fingerprint density at radius 2 is 1.90 bits per heavy atom. The second-order valence-corrected chi connectivity index (χ2v) is 9.71. The predicted molar refractivity (Wildman–Crippen MR) is 110 cm³/mol. The zero-order chi connectivity index (χ0) is 22.9. The monoisotopic (exact) mass is 444 g/mol. The molecule has 1 heterocycles. The van der Waals surface area contributed by atoms with Gasteiger partial charge in [-0.05, 0) is 31.6 Å². The standard InChI is InChI=1S/C19H32N4O6S/c1-7-16(24)20-14(5)17(25)23-10-11(2)8-15(23)13(4)21-19(9-12(19)3)18(26)22-30(27,28)29-6/h11-12,14-15,21H,4,7-10H2,1-3,5-6H3,(H,20,24)(H,22,26). The van der Waals surface area contributed by atoms with Gasteiger partial charge in [-0.1, -0.05) is 27.4 Å². The molecule has 3 N–H and O–H groups in total. The van der Waals surface area contributed by atoms with Crippen LogP contribution in [0.5, 0.6) is 0 Å². The molecule has 0 aromatic rings. The van der Waals surface area contributed by atoms with Crippen LogP contribution >= 0.6 is 0 Å². The lowest BCUT2D eigenvalue weighted by atomic mass is 10.0. The lowest BCUT2D eigenvalue weighted by molar-refractivity contribution is -0.136. The van der Waals surface area contributed by atoms with Crippen LogP contribution in [0.25, 0.3) is 0 Å². The summed E-state index contributed by atoms with van der Waals surface area (Å²) in [5.41, 5.74) is -0.651. The molecule has 2 aliphatic rings. The fourth-order valence-electron chi connectivity index (χ4n) is 3.86. The number of hydrogen-bond acceptors (Lipinski definition) is 7. The molecule has 1 saturated carbocycles. The Kier molecular flexibility index (Phi) is 7.18. The molecule has 1 saturated heterocycles. The molecule has 5 unspecified atom stereocenters. The molecule has 30 heavy (non-hydrogen) atoms. The number of carbonyl (C=O) groups excluding carboxylic acids is 3. The van der Waals surface area contributed by atoms with Crippen molar-refractivity contribution in [3.63, 3.8) is 0 Å². The van der Waals surface area contributed by atoms with Gasteiger partial charge in [0.1, 0.15) is 11.6 Å². The van der Waals surface area contributed by atoms with Crippen molar-refractivity contribution in [1.82, 2.24) is 20.3 Å². The third-order valence-electron chi connectivity index (χ3n) is 5.80. The fraction of sp³-hybridized carbons (Fsp3) is 0.737. The molecule has 2 rings (SSSR count). The second kappa shape index (κ2) is 8.93. The Hall–Kier alpha value is -2.14. The van der Waals surface area contributed by atoms with Gasteiger partial charge in [-0.25, -0.2) is 4.72 Å². The van der Waals surface area contributed by atoms with Crippen molar-refractivity contribution < 1.29 is 27.0 Å². The molecule has 10 nitrogen and oxygen atoms in total. The van der Waals surface area contributed by atoms with Crippen LogP contribution < -0.4 is 15.4 Å². The summed E-state index contributed by atoms with van der Waals surface area (Å²) in [6, 6.07) is -1.05. The average molecular weight is 445 g/mol. The normalized spacial score (nSPS) is 29.1. The highest BCUT2D eigenvalue weighted by Crippen LogP contribution is 2.45. The zero-order valence-electron chi connectivity index (χ0n) is 18.1. The van der Waals surface area contributed by atoms with Crippen LogP contribution in [0.15, 0.2) is 12.3 Å². The first kappa shape index (κ1) is 24.1. The largest absolute Gasteiger partial charge is 0.373 e. The quantitative estimate of drug-likeness (QED) is 0.457. The first-order valence-electron chi connectivity index (χ1n) is 10.1. The van der Waals surface area contributed by atoms with Gasteiger partial charge in [0.25, 0.3) is 5.91 Å². The minimum Gasteiger partial charge on any atom is -0.373 e. The molecule has 1 aliphatic heterocycles. The number of amides is 3. The van der Waals surface area contributed by atoms with Crippen LogP contribution in [-0.2, 0) is 28.9 Å². The number of rotatable bonds is 9. The lowest BCUT2D eigenvalue weighted by Crippen LogP contribution is -2.54. The van der Waals surface area contributed by atoms with Crippen LogP contribution in [0.1, 0.15) is 47.0 Å². The molecule has 3 amide bonds. The molecule has 0 radical (unpaired) electrons. The van der Waals surface area contributed by atoms with E-state index < -0.39 is 27.8 Å². The van der Waals surface area contributed by atoms with Crippen LogP contribution in [0.3, 0.4) is 0 Å². The maximum atomic E-state index is 12.9. The van der Waals surface area contributed by atoms with Gasteiger partial charge < -0.3 is 15.5 Å². The van der Waals surface area contributed by atoms with Crippen molar-refractivity contribution in [1.29, 1.82) is 0 Å². The number of nitrogens with zero attached hydrogens (tertiary/aromatic N) is 1. The summed E-state index contributed by atoms with van der Waals surface area (Å²) < 4.78 is 29.4. The van der Waals surface area contributed by atoms with Gasteiger partial charge in [-0.2, -0.15) is 8.42 Å². The maximum absolute atomic E-state index is 12.9. The van der Waals surface area contributed by atoms with Gasteiger partial charge in [0.15, 0.2) is 0 Å². The van der Waals surface area contributed by atoms with E-state index in [2.05, 4.69) is 21.4 Å². The van der Waals surface area contributed by atoms with Crippen molar-refractivity contribution >= 4 is 28.0 Å². The van der Waals surface area contributed by atoms with E-state index in [1.54, 1.807) is 18.7 Å². The Morgan fingerprint density at radius 3 is 2.40 bits per heavy atom. The molecule has 0 aromatic carbocycles. The molecule has 0 bridgehead atoms. The summed E-state index contributed by atoms with van der Waals surface area (Å²) in [6.45, 7) is 11.7. The van der Waals surface area contributed by atoms with Gasteiger partial charge in [0, 0.05) is 18.7 Å². The number of likely N-dealkylation sites (tertiary alicyclic amines) is 1. The van der Waals surface area contributed by atoms with Crippen molar-refractivity contribution in [2.24, 2.45) is 11.8 Å². The highest BCUT2D eigenvalue weighted by molar-refractivity contribution is 7.85. The first-order chi connectivity index (χ1) is 13.9. The molecule has 11 heteroatoms. The third kappa shape index (κ3) is 5.12. The molecule has 0 aromatic heterocycles. The maximum Gasteiger partial charge on any atom is 0.361 e. The summed E-state index contributed by atoms with van der Waals surface area (Å²) in [6.07, 6.45) is 1.36. The molecular weight excluding hydrogens is 412 g/mol. The van der Waals surface area contributed by atoms with Crippen LogP contribution in [0, 0.1) is 11.8 Å². The van der Waals surface area contributed by atoms with Crippen LogP contribution in [0.2, 0.25) is 0 Å². The van der Waals surface area contributed by atoms with Gasteiger partial charge >= 0.3 is 10.3 Å². The first-order valence-corrected chi connectivity index (χ1v) is 11.5. The molecular formula is C19H32N4O6S. The molecule has 0 spiro atoms.